The van der Waals surface area contributed by atoms with Gasteiger partial charge in [-0.2, -0.15) is 0 Å². The van der Waals surface area contributed by atoms with Crippen LogP contribution in [0.15, 0.2) is 91.0 Å². The van der Waals surface area contributed by atoms with Crippen LogP contribution in [0.3, 0.4) is 0 Å². The molecule has 0 N–H and O–H groups in total. The van der Waals surface area contributed by atoms with Gasteiger partial charge < -0.3 is 0 Å². The molecular formula is C19H16Br2Mg. The third-order valence-electron chi connectivity index (χ3n) is 3.40. The van der Waals surface area contributed by atoms with Crippen LogP contribution in [-0.4, -0.2) is 16.0 Å². The van der Waals surface area contributed by atoms with Crippen LogP contribution < -0.4 is 0 Å². The Kier molecular flexibility index (Phi) is 8.24. The molecule has 0 heterocycles. The molecule has 0 atom stereocenters. The van der Waals surface area contributed by atoms with Crippen molar-refractivity contribution in [2.75, 3.05) is 0 Å². The Bertz CT molecular complexity index is 548. The summed E-state index contributed by atoms with van der Waals surface area (Å²) in [6, 6.07) is 32.0. The van der Waals surface area contributed by atoms with Gasteiger partial charge in [-0.1, -0.05) is 91.0 Å². The topological polar surface area (TPSA) is 0 Å². The Morgan fingerprint density at radius 1 is 0.500 bits per heavy atom. The van der Waals surface area contributed by atoms with Gasteiger partial charge in [0.1, 0.15) is 0 Å². The predicted octanol–water partition coefficient (Wildman–Crippen LogP) is 6.18. The molecule has 0 aromatic heterocycles. The molecular weight excluding hydrogens is 412 g/mol. The van der Waals surface area contributed by atoms with E-state index in [0.29, 0.717) is 5.92 Å². The second kappa shape index (κ2) is 10.2. The van der Waals surface area contributed by atoms with Crippen molar-refractivity contribution >= 4 is 41.8 Å². The second-order valence-electron chi connectivity index (χ2n) is 4.77. The molecule has 0 nitrogen and oxygen atoms in total. The summed E-state index contributed by atoms with van der Waals surface area (Å²) in [5.74, 6) is 0.309. The number of rotatable bonds is 3. The van der Waals surface area contributed by atoms with Gasteiger partial charge >= 0.3 is 16.0 Å². The van der Waals surface area contributed by atoms with Crippen LogP contribution in [0, 0.1) is 0 Å². The summed E-state index contributed by atoms with van der Waals surface area (Å²) in [6.07, 6.45) is 0. The van der Waals surface area contributed by atoms with E-state index >= 15 is 0 Å². The zero-order valence-electron chi connectivity index (χ0n) is 12.2. The Hall–Kier alpha value is -0.614. The van der Waals surface area contributed by atoms with Gasteiger partial charge in [-0.15, -0.1) is 0 Å². The van der Waals surface area contributed by atoms with Crippen LogP contribution >= 0.6 is 25.8 Å². The minimum Gasteiger partial charge on any atom is -0.280 e. The number of hydrogen-bond acceptors (Lipinski definition) is 0. The first-order valence-corrected chi connectivity index (χ1v) is 14.9. The molecule has 0 fully saturated rings. The lowest BCUT2D eigenvalue weighted by molar-refractivity contribution is 0.977. The zero-order valence-corrected chi connectivity index (χ0v) is 16.8. The van der Waals surface area contributed by atoms with E-state index in [0.717, 1.165) is 0 Å². The SMILES string of the molecule is [Br][Mg][Br].c1ccc(C(c2ccccc2)c2ccccc2)cc1. The van der Waals surface area contributed by atoms with Crippen LogP contribution in [-0.2, 0) is 0 Å². The van der Waals surface area contributed by atoms with E-state index < -0.39 is 0 Å². The fourth-order valence-corrected chi connectivity index (χ4v) is 2.51. The average Bonchev–Trinajstić information content (AvgIpc) is 2.59. The molecule has 0 saturated carbocycles. The fraction of sp³-hybridized carbons (Fsp3) is 0.0526. The van der Waals surface area contributed by atoms with Crippen molar-refractivity contribution < 1.29 is 0 Å². The third-order valence-corrected chi connectivity index (χ3v) is 3.40. The summed E-state index contributed by atoms with van der Waals surface area (Å²) >= 11 is 6.44. The monoisotopic (exact) mass is 426 g/mol. The minimum atomic E-state index is 0.0417. The van der Waals surface area contributed by atoms with Crippen molar-refractivity contribution in [3.63, 3.8) is 0 Å². The highest BCUT2D eigenvalue weighted by atomic mass is 79.9. The Morgan fingerprint density at radius 3 is 0.955 bits per heavy atom. The lowest BCUT2D eigenvalue weighted by Crippen LogP contribution is -2.02. The first-order valence-electron chi connectivity index (χ1n) is 7.13. The van der Waals surface area contributed by atoms with E-state index in [4.69, 9.17) is 0 Å². The van der Waals surface area contributed by atoms with Crippen LogP contribution in [0.1, 0.15) is 22.6 Å². The summed E-state index contributed by atoms with van der Waals surface area (Å²) < 4.78 is 0. The van der Waals surface area contributed by atoms with E-state index in [9.17, 15) is 0 Å². The van der Waals surface area contributed by atoms with Crippen LogP contribution in [0.4, 0.5) is 0 Å². The Labute approximate surface area is 154 Å². The van der Waals surface area contributed by atoms with Gasteiger partial charge in [-0.25, -0.2) is 0 Å². The molecule has 0 saturated heterocycles. The molecule has 3 rings (SSSR count). The average molecular weight is 428 g/mol. The second-order valence-corrected chi connectivity index (χ2v) is 12.8. The van der Waals surface area contributed by atoms with Crippen LogP contribution in [0.2, 0.25) is 0 Å². The molecule has 0 radical (unpaired) electrons. The van der Waals surface area contributed by atoms with Crippen molar-refractivity contribution in [2.24, 2.45) is 0 Å². The van der Waals surface area contributed by atoms with Crippen molar-refractivity contribution in [2.45, 2.75) is 5.92 Å². The van der Waals surface area contributed by atoms with Gasteiger partial charge in [0.25, 0.3) is 0 Å². The molecule has 0 spiro atoms. The van der Waals surface area contributed by atoms with Crippen molar-refractivity contribution in [1.82, 2.24) is 0 Å². The van der Waals surface area contributed by atoms with Gasteiger partial charge in [-0.05, 0) is 16.7 Å². The first-order chi connectivity index (χ1) is 10.9. The lowest BCUT2D eigenvalue weighted by Gasteiger charge is -2.18. The number of halogens is 2. The number of benzene rings is 3. The molecule has 0 aliphatic heterocycles. The zero-order chi connectivity index (χ0) is 15.6. The van der Waals surface area contributed by atoms with E-state index in [1.54, 1.807) is 0 Å². The smallest absolute Gasteiger partial charge is 0.280 e. The predicted molar refractivity (Wildman–Crippen MR) is 104 cm³/mol. The molecule has 3 aromatic rings. The molecule has 0 aliphatic carbocycles. The third kappa shape index (κ3) is 5.23. The number of hydrogen-bond donors (Lipinski definition) is 0. The van der Waals surface area contributed by atoms with Crippen molar-refractivity contribution in [1.29, 1.82) is 0 Å². The normalized spacial score (nSPS) is 9.59. The Balaban J connectivity index is 0.000000545. The van der Waals surface area contributed by atoms with Gasteiger partial charge in [0.05, 0.1) is 0 Å². The molecule has 3 aromatic carbocycles. The standard InChI is InChI=1S/C19H16.2BrH.Mg/c1-4-10-16(11-5-1)19(17-12-6-2-7-13-17)18-14-8-3-9-15-18;;;/h1-15,19H;2*1H;/q;;;+2/p-2. The van der Waals surface area contributed by atoms with Gasteiger partial charge in [0.2, 0.25) is 0 Å². The molecule has 22 heavy (non-hydrogen) atoms. The van der Waals surface area contributed by atoms with Crippen LogP contribution in [0.5, 0.6) is 0 Å². The fourth-order valence-electron chi connectivity index (χ4n) is 2.51. The van der Waals surface area contributed by atoms with E-state index in [2.05, 4.69) is 117 Å². The van der Waals surface area contributed by atoms with E-state index in [-0.39, 0.29) is 16.0 Å². The summed E-state index contributed by atoms with van der Waals surface area (Å²) in [5, 5.41) is 0. The highest BCUT2D eigenvalue weighted by molar-refractivity contribution is 9.47. The van der Waals surface area contributed by atoms with Gasteiger partial charge in [0, 0.05) is 5.92 Å². The molecule has 108 valence electrons. The highest BCUT2D eigenvalue weighted by Gasteiger charge is 2.15. The molecule has 0 unspecified atom stereocenters. The molecule has 0 bridgehead atoms. The maximum atomic E-state index is 3.20. The van der Waals surface area contributed by atoms with Gasteiger partial charge in [0.15, 0.2) is 0 Å². The van der Waals surface area contributed by atoms with Crippen molar-refractivity contribution in [3.05, 3.63) is 108 Å². The minimum absolute atomic E-state index is 0.0417. The quantitative estimate of drug-likeness (QED) is 0.345. The van der Waals surface area contributed by atoms with E-state index in [1.807, 2.05) is 0 Å². The van der Waals surface area contributed by atoms with Crippen LogP contribution in [0.25, 0.3) is 0 Å². The maximum absolute atomic E-state index is 3.20. The summed E-state index contributed by atoms with van der Waals surface area (Å²) in [6.45, 7) is 0. The Morgan fingerprint density at radius 2 is 0.727 bits per heavy atom. The van der Waals surface area contributed by atoms with Gasteiger partial charge in [-0.3, -0.25) is 25.8 Å². The summed E-state index contributed by atoms with van der Waals surface area (Å²) in [5.41, 5.74) is 4.00. The molecule has 0 amide bonds. The maximum Gasteiger partial charge on any atom is 0.560 e. The summed E-state index contributed by atoms with van der Waals surface area (Å²) in [4.78, 5) is 0. The first kappa shape index (κ1) is 17.7. The van der Waals surface area contributed by atoms with E-state index in [1.165, 1.54) is 16.7 Å². The highest BCUT2D eigenvalue weighted by Crippen LogP contribution is 2.31. The largest absolute Gasteiger partial charge is 0.560 e. The summed E-state index contributed by atoms with van der Waals surface area (Å²) in [7, 11) is 0. The van der Waals surface area contributed by atoms with Crippen molar-refractivity contribution in [3.8, 4) is 0 Å². The molecule has 0 aliphatic rings. The molecule has 3 heteroatoms. The lowest BCUT2D eigenvalue weighted by atomic mass is 9.85.